The topological polar surface area (TPSA) is 58.6 Å². The second-order valence-electron chi connectivity index (χ2n) is 2.19. The maximum atomic E-state index is 9.00. The van der Waals surface area contributed by atoms with Gasteiger partial charge < -0.3 is 5.11 Å². The largest absolute Gasteiger partial charge is 0.481 e. The van der Waals surface area contributed by atoms with Gasteiger partial charge in [-0.15, -0.1) is 0 Å². The van der Waals surface area contributed by atoms with E-state index in [-0.39, 0.29) is 0 Å². The fourth-order valence-electron chi connectivity index (χ4n) is 0.624. The number of carboxylic acids is 1. The lowest BCUT2D eigenvalue weighted by Gasteiger charge is -1.99. The Morgan fingerprint density at radius 1 is 1.38 bits per heavy atom. The number of aliphatic carboxylic acids is 1. The molecule has 0 heterocycles. The van der Waals surface area contributed by atoms with Crippen molar-refractivity contribution in [3.8, 4) is 0 Å². The van der Waals surface area contributed by atoms with Gasteiger partial charge in [0.1, 0.15) is 0 Å². The average molecular weight is 183 g/mol. The first kappa shape index (κ1) is 11.4. The van der Waals surface area contributed by atoms with Crippen LogP contribution in [0.4, 0.5) is 5.69 Å². The Kier molecular flexibility index (Phi) is 6.27. The van der Waals surface area contributed by atoms with Crippen LogP contribution in [0.3, 0.4) is 0 Å². The molecule has 2 N–H and O–H groups in total. The monoisotopic (exact) mass is 183 g/mol. The van der Waals surface area contributed by atoms with Crippen LogP contribution in [0, 0.1) is 0 Å². The van der Waals surface area contributed by atoms with Gasteiger partial charge in [-0.3, -0.25) is 15.1 Å². The Bertz CT molecular complexity index is 232. The Morgan fingerprint density at radius 2 is 1.85 bits per heavy atom. The molecule has 0 aromatic heterocycles. The van der Waals surface area contributed by atoms with E-state index in [9.17, 15) is 0 Å². The van der Waals surface area contributed by atoms with Crippen molar-refractivity contribution >= 4 is 11.7 Å². The molecule has 1 aromatic carbocycles. The van der Waals surface area contributed by atoms with Crippen LogP contribution in [0.2, 0.25) is 0 Å². The first-order valence-electron chi connectivity index (χ1n) is 3.70. The smallest absolute Gasteiger partial charge is 0.300 e. The zero-order valence-electron chi connectivity index (χ0n) is 7.65. The highest BCUT2D eigenvalue weighted by Crippen LogP contribution is 2.03. The molecule has 0 spiro atoms. The van der Waals surface area contributed by atoms with Crippen LogP contribution in [0.25, 0.3) is 0 Å². The van der Waals surface area contributed by atoms with Gasteiger partial charge >= 0.3 is 0 Å². The van der Waals surface area contributed by atoms with Gasteiger partial charge in [0.25, 0.3) is 5.97 Å². The van der Waals surface area contributed by atoms with Crippen LogP contribution in [0.15, 0.2) is 30.3 Å². The minimum atomic E-state index is -0.833. The van der Waals surface area contributed by atoms with Gasteiger partial charge in [-0.05, 0) is 12.1 Å². The molecule has 4 heteroatoms. The fraction of sp³-hybridized carbons (Fsp3) is 0.222. The molecule has 0 atom stereocenters. The third kappa shape index (κ3) is 8.36. The fourth-order valence-corrected chi connectivity index (χ4v) is 0.624. The van der Waals surface area contributed by atoms with Crippen molar-refractivity contribution < 1.29 is 14.7 Å². The summed E-state index contributed by atoms with van der Waals surface area (Å²) in [5, 5.41) is 7.42. The molecule has 0 radical (unpaired) electrons. The van der Waals surface area contributed by atoms with E-state index in [4.69, 9.17) is 9.90 Å². The van der Waals surface area contributed by atoms with Crippen LogP contribution in [-0.2, 0) is 9.63 Å². The number of carboxylic acid groups (broad SMARTS) is 1. The third-order valence-electron chi connectivity index (χ3n) is 0.994. The summed E-state index contributed by atoms with van der Waals surface area (Å²) >= 11 is 0. The molecule has 0 aliphatic rings. The molecule has 0 fully saturated rings. The van der Waals surface area contributed by atoms with Gasteiger partial charge in [0.2, 0.25) is 0 Å². The van der Waals surface area contributed by atoms with Gasteiger partial charge in [0, 0.05) is 6.92 Å². The van der Waals surface area contributed by atoms with Crippen LogP contribution < -0.4 is 5.48 Å². The number of para-hydroxylation sites is 1. The second-order valence-corrected chi connectivity index (χ2v) is 2.19. The molecule has 72 valence electrons. The molecule has 0 bridgehead atoms. The standard InChI is InChI=1S/C7H9NO.C2H4O2/c1-9-8-7-5-3-2-4-6-7;1-2(3)4/h2-6,8H,1H3;1H3,(H,3,4). The van der Waals surface area contributed by atoms with E-state index < -0.39 is 5.97 Å². The van der Waals surface area contributed by atoms with Crippen LogP contribution in [0.1, 0.15) is 6.92 Å². The highest BCUT2D eigenvalue weighted by Gasteiger charge is 1.82. The highest BCUT2D eigenvalue weighted by atomic mass is 16.6. The van der Waals surface area contributed by atoms with E-state index in [2.05, 4.69) is 10.3 Å². The van der Waals surface area contributed by atoms with Gasteiger partial charge in [-0.1, -0.05) is 18.2 Å². The maximum absolute atomic E-state index is 9.00. The number of anilines is 1. The van der Waals surface area contributed by atoms with Crippen LogP contribution in [-0.4, -0.2) is 18.2 Å². The maximum Gasteiger partial charge on any atom is 0.300 e. The third-order valence-corrected chi connectivity index (χ3v) is 0.994. The summed E-state index contributed by atoms with van der Waals surface area (Å²) in [6.07, 6.45) is 0. The molecule has 0 aliphatic carbocycles. The van der Waals surface area contributed by atoms with Gasteiger partial charge in [0.15, 0.2) is 0 Å². The summed E-state index contributed by atoms with van der Waals surface area (Å²) in [4.78, 5) is 13.7. The van der Waals surface area contributed by atoms with Crippen molar-refractivity contribution in [2.24, 2.45) is 0 Å². The van der Waals surface area contributed by atoms with E-state index in [1.807, 2.05) is 30.3 Å². The predicted molar refractivity (Wildman–Crippen MR) is 50.4 cm³/mol. The molecule has 4 nitrogen and oxygen atoms in total. The lowest BCUT2D eigenvalue weighted by Crippen LogP contribution is -1.93. The average Bonchev–Trinajstić information content (AvgIpc) is 2.06. The number of benzene rings is 1. The number of hydrogen-bond donors (Lipinski definition) is 2. The quantitative estimate of drug-likeness (QED) is 0.686. The zero-order valence-corrected chi connectivity index (χ0v) is 7.65. The molecule has 0 saturated heterocycles. The lowest BCUT2D eigenvalue weighted by molar-refractivity contribution is -0.134. The molecular weight excluding hydrogens is 170 g/mol. The Hall–Kier alpha value is -1.55. The van der Waals surface area contributed by atoms with E-state index in [0.29, 0.717) is 0 Å². The molecule has 13 heavy (non-hydrogen) atoms. The second kappa shape index (κ2) is 7.12. The number of hydrogen-bond acceptors (Lipinski definition) is 3. The first-order chi connectivity index (χ1) is 6.16. The summed E-state index contributed by atoms with van der Waals surface area (Å²) in [6, 6.07) is 9.72. The van der Waals surface area contributed by atoms with E-state index in [1.54, 1.807) is 7.11 Å². The van der Waals surface area contributed by atoms with Gasteiger partial charge in [0.05, 0.1) is 12.8 Å². The molecule has 0 saturated carbocycles. The molecule has 0 aliphatic heterocycles. The summed E-state index contributed by atoms with van der Waals surface area (Å²) < 4.78 is 0. The summed E-state index contributed by atoms with van der Waals surface area (Å²) in [7, 11) is 1.59. The summed E-state index contributed by atoms with van der Waals surface area (Å²) in [5.74, 6) is -0.833. The van der Waals surface area contributed by atoms with Crippen molar-refractivity contribution in [1.29, 1.82) is 0 Å². The Labute approximate surface area is 77.1 Å². The highest BCUT2D eigenvalue weighted by molar-refractivity contribution is 5.62. The van der Waals surface area contributed by atoms with Crippen LogP contribution >= 0.6 is 0 Å². The molecule has 1 aromatic rings. The van der Waals surface area contributed by atoms with Crippen LogP contribution in [0.5, 0.6) is 0 Å². The molecule has 0 unspecified atom stereocenters. The number of carbonyl (C=O) groups is 1. The normalized spacial score (nSPS) is 8.15. The number of rotatable bonds is 2. The molecule has 0 amide bonds. The van der Waals surface area contributed by atoms with Crippen molar-refractivity contribution in [3.05, 3.63) is 30.3 Å². The molecular formula is C9H13NO3. The van der Waals surface area contributed by atoms with Crippen molar-refractivity contribution in [3.63, 3.8) is 0 Å². The van der Waals surface area contributed by atoms with E-state index >= 15 is 0 Å². The molecule has 1 rings (SSSR count). The summed E-state index contributed by atoms with van der Waals surface area (Å²) in [6.45, 7) is 1.08. The minimum Gasteiger partial charge on any atom is -0.481 e. The van der Waals surface area contributed by atoms with Crippen molar-refractivity contribution in [2.75, 3.05) is 12.6 Å². The Morgan fingerprint density at radius 3 is 2.23 bits per heavy atom. The summed E-state index contributed by atoms with van der Waals surface area (Å²) in [5.41, 5.74) is 3.68. The number of nitrogens with one attached hydrogen (secondary N) is 1. The SMILES string of the molecule is CC(=O)O.CONc1ccccc1. The van der Waals surface area contributed by atoms with E-state index in [1.165, 1.54) is 0 Å². The zero-order chi connectivity index (χ0) is 10.1. The lowest BCUT2D eigenvalue weighted by atomic mass is 10.3. The van der Waals surface area contributed by atoms with Gasteiger partial charge in [-0.25, -0.2) is 0 Å². The van der Waals surface area contributed by atoms with E-state index in [0.717, 1.165) is 12.6 Å². The first-order valence-corrected chi connectivity index (χ1v) is 3.70. The predicted octanol–water partition coefficient (Wildman–Crippen LogP) is 1.75. The van der Waals surface area contributed by atoms with Crippen molar-refractivity contribution in [1.82, 2.24) is 0 Å². The van der Waals surface area contributed by atoms with Crippen molar-refractivity contribution in [2.45, 2.75) is 6.92 Å². The van der Waals surface area contributed by atoms with Gasteiger partial charge in [-0.2, -0.15) is 0 Å². The Balaban J connectivity index is 0.000000310. The minimum absolute atomic E-state index is 0.833.